The van der Waals surface area contributed by atoms with Crippen LogP contribution in [0.1, 0.15) is 34.3 Å². The summed E-state index contributed by atoms with van der Waals surface area (Å²) in [7, 11) is 0. The van der Waals surface area contributed by atoms with Gasteiger partial charge in [0.05, 0.1) is 17.8 Å². The maximum atomic E-state index is 12.8. The topological polar surface area (TPSA) is 72.2 Å². The van der Waals surface area contributed by atoms with Crippen molar-refractivity contribution in [2.75, 3.05) is 5.32 Å². The van der Waals surface area contributed by atoms with Gasteiger partial charge < -0.3 is 9.72 Å². The van der Waals surface area contributed by atoms with Crippen LogP contribution in [0.25, 0.3) is 16.9 Å². The van der Waals surface area contributed by atoms with Gasteiger partial charge in [-0.1, -0.05) is 36.5 Å². The van der Waals surface area contributed by atoms with Crippen LogP contribution in [-0.4, -0.2) is 25.5 Å². The van der Waals surface area contributed by atoms with Gasteiger partial charge in [-0.05, 0) is 56.0 Å². The van der Waals surface area contributed by atoms with Gasteiger partial charge in [-0.25, -0.2) is 4.98 Å². The lowest BCUT2D eigenvalue weighted by Crippen LogP contribution is -2.16. The first-order valence-corrected chi connectivity index (χ1v) is 10.4. The third-order valence-electron chi connectivity index (χ3n) is 5.07. The molecule has 148 valence electrons. The van der Waals surface area contributed by atoms with Crippen LogP contribution in [0.2, 0.25) is 0 Å². The molecule has 0 atom stereocenters. The van der Waals surface area contributed by atoms with Crippen LogP contribution in [0.3, 0.4) is 0 Å². The number of anilines is 1. The van der Waals surface area contributed by atoms with Gasteiger partial charge in [0, 0.05) is 11.8 Å². The predicted molar refractivity (Wildman–Crippen MR) is 116 cm³/mol. The highest BCUT2D eigenvalue weighted by atomic mass is 32.1. The van der Waals surface area contributed by atoms with Gasteiger partial charge in [0.25, 0.3) is 0 Å². The summed E-state index contributed by atoms with van der Waals surface area (Å²) in [5.74, 6) is -0.128. The van der Waals surface area contributed by atoms with E-state index in [1.165, 1.54) is 22.5 Å². The van der Waals surface area contributed by atoms with Crippen molar-refractivity contribution in [3.8, 4) is 11.3 Å². The highest BCUT2D eigenvalue weighted by Gasteiger charge is 2.19. The molecule has 4 rings (SSSR count). The molecule has 1 aromatic carbocycles. The Morgan fingerprint density at radius 1 is 1.10 bits per heavy atom. The minimum atomic E-state index is -0.128. The molecule has 0 aliphatic rings. The number of nitrogens with one attached hydrogen (secondary N) is 1. The van der Waals surface area contributed by atoms with E-state index >= 15 is 0 Å². The smallest absolute Gasteiger partial charge is 0.232 e. The molecule has 4 aromatic rings. The lowest BCUT2D eigenvalue weighted by Gasteiger charge is -2.07. The van der Waals surface area contributed by atoms with Gasteiger partial charge >= 0.3 is 0 Å². The van der Waals surface area contributed by atoms with Crippen molar-refractivity contribution < 1.29 is 4.79 Å². The highest BCUT2D eigenvalue weighted by Crippen LogP contribution is 2.28. The number of carbonyl (C=O) groups excluding carboxylic acids is 1. The van der Waals surface area contributed by atoms with Crippen molar-refractivity contribution in [1.82, 2.24) is 19.6 Å². The molecule has 0 fully saturated rings. The maximum Gasteiger partial charge on any atom is 0.232 e. The van der Waals surface area contributed by atoms with Crippen LogP contribution in [-0.2, 0) is 17.6 Å². The summed E-state index contributed by atoms with van der Waals surface area (Å²) in [6.07, 6.45) is 2.97. The number of pyridine rings is 1. The summed E-state index contributed by atoms with van der Waals surface area (Å²) in [5, 5.41) is 12.4. The predicted octanol–water partition coefficient (Wildman–Crippen LogP) is 4.52. The van der Waals surface area contributed by atoms with Crippen molar-refractivity contribution in [1.29, 1.82) is 0 Å². The molecular formula is C22H23N5OS. The average molecular weight is 406 g/mol. The first kappa shape index (κ1) is 19.3. The summed E-state index contributed by atoms with van der Waals surface area (Å²) < 4.78 is 2.01. The van der Waals surface area contributed by atoms with E-state index in [4.69, 9.17) is 4.98 Å². The third kappa shape index (κ3) is 3.78. The maximum absolute atomic E-state index is 12.8. The molecule has 6 nitrogen and oxygen atoms in total. The number of benzene rings is 1. The second-order valence-electron chi connectivity index (χ2n) is 7.17. The van der Waals surface area contributed by atoms with Gasteiger partial charge in [-0.15, -0.1) is 10.2 Å². The molecule has 0 unspecified atom stereocenters. The number of aryl methyl sites for hydroxylation is 4. The van der Waals surface area contributed by atoms with Crippen LogP contribution in [0, 0.1) is 20.8 Å². The molecule has 0 spiro atoms. The molecule has 0 radical (unpaired) electrons. The summed E-state index contributed by atoms with van der Waals surface area (Å²) in [4.78, 5) is 17.7. The number of imidazole rings is 1. The molecule has 3 aromatic heterocycles. The molecule has 0 saturated carbocycles. The van der Waals surface area contributed by atoms with Crippen molar-refractivity contribution in [3.05, 3.63) is 63.9 Å². The van der Waals surface area contributed by atoms with Crippen LogP contribution in [0.15, 0.2) is 36.5 Å². The van der Waals surface area contributed by atoms with Gasteiger partial charge in [0.15, 0.2) is 0 Å². The molecule has 0 aliphatic carbocycles. The van der Waals surface area contributed by atoms with Crippen molar-refractivity contribution in [2.24, 2.45) is 0 Å². The molecule has 3 heterocycles. The molecule has 1 N–H and O–H groups in total. The molecule has 0 aliphatic heterocycles. The summed E-state index contributed by atoms with van der Waals surface area (Å²) in [5.41, 5.74) is 7.09. The fourth-order valence-electron chi connectivity index (χ4n) is 3.30. The molecule has 29 heavy (non-hydrogen) atoms. The SMILES string of the molecule is CCc1nnc(NC(=O)Cc2c(-c3ccc(C)c(C)c3)nc3c(C)cccn23)s1. The normalized spacial score (nSPS) is 11.2. The Kier molecular flexibility index (Phi) is 5.15. The molecule has 1 amide bonds. The van der Waals surface area contributed by atoms with Gasteiger partial charge in [-0.3, -0.25) is 4.79 Å². The van der Waals surface area contributed by atoms with Crippen LogP contribution in [0.4, 0.5) is 5.13 Å². The number of fused-ring (bicyclic) bond motifs is 1. The van der Waals surface area contributed by atoms with E-state index in [1.54, 1.807) is 0 Å². The monoisotopic (exact) mass is 405 g/mol. The minimum Gasteiger partial charge on any atom is -0.303 e. The summed E-state index contributed by atoms with van der Waals surface area (Å²) >= 11 is 1.41. The molecule has 0 bridgehead atoms. The zero-order valence-corrected chi connectivity index (χ0v) is 17.8. The van der Waals surface area contributed by atoms with E-state index in [9.17, 15) is 4.79 Å². The Bertz CT molecular complexity index is 1210. The van der Waals surface area contributed by atoms with Crippen molar-refractivity contribution >= 4 is 28.0 Å². The Balaban J connectivity index is 1.74. The van der Waals surface area contributed by atoms with Gasteiger partial charge in [0.2, 0.25) is 11.0 Å². The van der Waals surface area contributed by atoms with Gasteiger partial charge in [0.1, 0.15) is 10.7 Å². The quantitative estimate of drug-likeness (QED) is 0.530. The minimum absolute atomic E-state index is 0.128. The lowest BCUT2D eigenvalue weighted by atomic mass is 10.0. The second-order valence-corrected chi connectivity index (χ2v) is 8.23. The number of nitrogens with zero attached hydrogens (tertiary/aromatic N) is 4. The first-order chi connectivity index (χ1) is 14.0. The largest absolute Gasteiger partial charge is 0.303 e. The van der Waals surface area contributed by atoms with E-state index in [-0.39, 0.29) is 12.3 Å². The van der Waals surface area contributed by atoms with E-state index in [0.29, 0.717) is 5.13 Å². The number of carbonyl (C=O) groups is 1. The van der Waals surface area contributed by atoms with Crippen LogP contribution in [0.5, 0.6) is 0 Å². The zero-order valence-electron chi connectivity index (χ0n) is 17.0. The Hall–Kier alpha value is -3.06. The molecule has 0 saturated heterocycles. The molecular weight excluding hydrogens is 382 g/mol. The Morgan fingerprint density at radius 2 is 1.93 bits per heavy atom. The number of aromatic nitrogens is 4. The Morgan fingerprint density at radius 3 is 2.66 bits per heavy atom. The van der Waals surface area contributed by atoms with E-state index in [1.807, 2.05) is 36.6 Å². The second kappa shape index (κ2) is 7.75. The zero-order chi connectivity index (χ0) is 20.5. The number of amides is 1. The van der Waals surface area contributed by atoms with E-state index in [2.05, 4.69) is 47.6 Å². The Labute approximate surface area is 173 Å². The van der Waals surface area contributed by atoms with Gasteiger partial charge in [-0.2, -0.15) is 0 Å². The van der Waals surface area contributed by atoms with Crippen LogP contribution >= 0.6 is 11.3 Å². The summed E-state index contributed by atoms with van der Waals surface area (Å²) in [6.45, 7) is 8.23. The average Bonchev–Trinajstić information content (AvgIpc) is 3.30. The fourth-order valence-corrected chi connectivity index (χ4v) is 4.00. The fraction of sp³-hybridized carbons (Fsp3) is 0.273. The molecule has 7 heteroatoms. The number of rotatable bonds is 5. The summed E-state index contributed by atoms with van der Waals surface area (Å²) in [6, 6.07) is 10.3. The van der Waals surface area contributed by atoms with Crippen LogP contribution < -0.4 is 5.32 Å². The third-order valence-corrected chi connectivity index (χ3v) is 6.05. The van der Waals surface area contributed by atoms with E-state index < -0.39 is 0 Å². The lowest BCUT2D eigenvalue weighted by molar-refractivity contribution is -0.115. The number of hydrogen-bond donors (Lipinski definition) is 1. The number of hydrogen-bond acceptors (Lipinski definition) is 5. The van der Waals surface area contributed by atoms with Crippen molar-refractivity contribution in [3.63, 3.8) is 0 Å². The van der Waals surface area contributed by atoms with Crippen molar-refractivity contribution in [2.45, 2.75) is 40.5 Å². The van der Waals surface area contributed by atoms with E-state index in [0.717, 1.165) is 39.6 Å². The highest BCUT2D eigenvalue weighted by molar-refractivity contribution is 7.15. The standard InChI is InChI=1S/C22H23N5OS/c1-5-19-25-26-22(29-19)23-18(28)12-17-20(16-9-8-13(2)15(4)11-16)24-21-14(3)7-6-10-27(17)21/h6-11H,5,12H2,1-4H3,(H,23,26,28). The first-order valence-electron chi connectivity index (χ1n) is 9.62.